The fraction of sp³-hybridized carbons (Fsp3) is 0.571. The van der Waals surface area contributed by atoms with E-state index in [-0.39, 0.29) is 0 Å². The lowest BCUT2D eigenvalue weighted by Gasteiger charge is -2.30. The summed E-state index contributed by atoms with van der Waals surface area (Å²) in [5.41, 5.74) is 1.21. The largest absolute Gasteiger partial charge is 0.501 e. The summed E-state index contributed by atoms with van der Waals surface area (Å²) in [7, 11) is 1.72. The van der Waals surface area contributed by atoms with Gasteiger partial charge in [-0.3, -0.25) is 0 Å². The highest BCUT2D eigenvalue weighted by Gasteiger charge is 2.30. The van der Waals surface area contributed by atoms with Gasteiger partial charge in [0.1, 0.15) is 17.6 Å². The van der Waals surface area contributed by atoms with Gasteiger partial charge in [-0.1, -0.05) is 6.42 Å². The molecule has 3 nitrogen and oxygen atoms in total. The van der Waals surface area contributed by atoms with Crippen molar-refractivity contribution in [1.82, 2.24) is 5.32 Å². The van der Waals surface area contributed by atoms with E-state index in [0.29, 0.717) is 12.1 Å². The van der Waals surface area contributed by atoms with Crippen molar-refractivity contribution in [2.45, 2.75) is 44.2 Å². The number of fused-ring (bicyclic) bond motifs is 2. The second-order valence-corrected chi connectivity index (χ2v) is 4.93. The molecule has 3 rings (SSSR count). The van der Waals surface area contributed by atoms with Crippen LogP contribution in [-0.4, -0.2) is 19.3 Å². The maximum atomic E-state index is 6.14. The lowest BCUT2D eigenvalue weighted by Crippen LogP contribution is -2.39. The molecule has 0 aromatic rings. The number of nitrogens with one attached hydrogen (secondary N) is 1. The van der Waals surface area contributed by atoms with E-state index >= 15 is 0 Å². The summed E-state index contributed by atoms with van der Waals surface area (Å²) < 4.78 is 11.4. The molecule has 0 bridgehead atoms. The van der Waals surface area contributed by atoms with E-state index in [9.17, 15) is 0 Å². The third-order valence-corrected chi connectivity index (χ3v) is 3.82. The van der Waals surface area contributed by atoms with Crippen molar-refractivity contribution in [1.29, 1.82) is 0 Å². The van der Waals surface area contributed by atoms with Crippen LogP contribution in [0.5, 0.6) is 0 Å². The third kappa shape index (κ3) is 2.06. The van der Waals surface area contributed by atoms with Gasteiger partial charge in [0.25, 0.3) is 0 Å². The second kappa shape index (κ2) is 4.47. The predicted octanol–water partition coefficient (Wildman–Crippen LogP) is 2.62. The van der Waals surface area contributed by atoms with Gasteiger partial charge >= 0.3 is 0 Å². The number of ether oxygens (including phenoxy) is 2. The molecule has 0 amide bonds. The fourth-order valence-corrected chi connectivity index (χ4v) is 2.79. The van der Waals surface area contributed by atoms with Crippen LogP contribution in [-0.2, 0) is 9.47 Å². The van der Waals surface area contributed by atoms with Gasteiger partial charge < -0.3 is 14.8 Å². The molecule has 1 fully saturated rings. The average molecular weight is 233 g/mol. The van der Waals surface area contributed by atoms with Crippen molar-refractivity contribution in [3.63, 3.8) is 0 Å². The van der Waals surface area contributed by atoms with Gasteiger partial charge in [-0.05, 0) is 31.4 Å². The zero-order chi connectivity index (χ0) is 11.7. The van der Waals surface area contributed by atoms with Crippen LogP contribution in [0.15, 0.2) is 35.4 Å². The Morgan fingerprint density at radius 2 is 2.18 bits per heavy atom. The molecule has 2 atom stereocenters. The van der Waals surface area contributed by atoms with Crippen LogP contribution in [0.1, 0.15) is 32.1 Å². The van der Waals surface area contributed by atoms with Crippen molar-refractivity contribution in [2.75, 3.05) is 7.11 Å². The lowest BCUT2D eigenvalue weighted by atomic mass is 9.92. The molecule has 1 heterocycles. The summed E-state index contributed by atoms with van der Waals surface area (Å²) in [6.07, 6.45) is 12.3. The Kier molecular flexibility index (Phi) is 2.83. The quantitative estimate of drug-likeness (QED) is 0.755. The molecule has 0 radical (unpaired) electrons. The second-order valence-electron chi connectivity index (χ2n) is 4.93. The molecular formula is C14H19NO2. The lowest BCUT2D eigenvalue weighted by molar-refractivity contribution is 0.0655. The smallest absolute Gasteiger partial charge is 0.125 e. The van der Waals surface area contributed by atoms with Crippen molar-refractivity contribution in [3.05, 3.63) is 35.4 Å². The first kappa shape index (κ1) is 10.8. The molecule has 17 heavy (non-hydrogen) atoms. The molecule has 0 saturated heterocycles. The Balaban J connectivity index is 1.83. The van der Waals surface area contributed by atoms with E-state index in [2.05, 4.69) is 11.5 Å². The summed E-state index contributed by atoms with van der Waals surface area (Å²) in [5, 5.41) is 3.52. The van der Waals surface area contributed by atoms with E-state index < -0.39 is 0 Å². The molecule has 92 valence electrons. The summed E-state index contributed by atoms with van der Waals surface area (Å²) >= 11 is 0. The molecule has 3 heteroatoms. The Hall–Kier alpha value is -1.38. The highest BCUT2D eigenvalue weighted by atomic mass is 16.5. The fourth-order valence-electron chi connectivity index (χ4n) is 2.79. The highest BCUT2D eigenvalue weighted by Crippen LogP contribution is 2.32. The minimum Gasteiger partial charge on any atom is -0.501 e. The number of hydrogen-bond acceptors (Lipinski definition) is 3. The van der Waals surface area contributed by atoms with Gasteiger partial charge in [-0.2, -0.15) is 0 Å². The number of allylic oxidation sites excluding steroid dienone is 4. The Labute approximate surface area is 102 Å². The molecule has 0 aromatic carbocycles. The Morgan fingerprint density at radius 1 is 1.29 bits per heavy atom. The van der Waals surface area contributed by atoms with Crippen LogP contribution >= 0.6 is 0 Å². The Bertz CT molecular complexity index is 395. The monoisotopic (exact) mass is 233 g/mol. The number of hydrogen-bond donors (Lipinski definition) is 1. The first-order valence-electron chi connectivity index (χ1n) is 6.44. The zero-order valence-electron chi connectivity index (χ0n) is 10.2. The van der Waals surface area contributed by atoms with Crippen LogP contribution in [0.2, 0.25) is 0 Å². The van der Waals surface area contributed by atoms with Gasteiger partial charge in [0.15, 0.2) is 0 Å². The maximum absolute atomic E-state index is 6.14. The highest BCUT2D eigenvalue weighted by molar-refractivity contribution is 5.38. The third-order valence-electron chi connectivity index (χ3n) is 3.82. The molecule has 1 N–H and O–H groups in total. The van der Waals surface area contributed by atoms with E-state index in [1.807, 2.05) is 12.2 Å². The van der Waals surface area contributed by atoms with Crippen LogP contribution in [0, 0.1) is 0 Å². The van der Waals surface area contributed by atoms with E-state index in [1.165, 1.54) is 24.8 Å². The molecule has 2 aliphatic carbocycles. The normalized spacial score (nSPS) is 31.5. The molecule has 0 unspecified atom stereocenters. The van der Waals surface area contributed by atoms with Crippen molar-refractivity contribution >= 4 is 0 Å². The van der Waals surface area contributed by atoms with E-state index in [1.54, 1.807) is 7.11 Å². The van der Waals surface area contributed by atoms with Crippen molar-refractivity contribution < 1.29 is 9.47 Å². The molecule has 1 aliphatic heterocycles. The van der Waals surface area contributed by atoms with Gasteiger partial charge in [-0.15, -0.1) is 0 Å². The number of methoxy groups -OCH3 is 1. The van der Waals surface area contributed by atoms with Gasteiger partial charge in [-0.25, -0.2) is 0 Å². The first-order chi connectivity index (χ1) is 8.36. The van der Waals surface area contributed by atoms with Crippen LogP contribution < -0.4 is 5.32 Å². The van der Waals surface area contributed by atoms with Gasteiger partial charge in [0.05, 0.1) is 13.2 Å². The van der Waals surface area contributed by atoms with Gasteiger partial charge in [0.2, 0.25) is 0 Å². The zero-order valence-corrected chi connectivity index (χ0v) is 10.2. The SMILES string of the molecule is COC1=CC=C2O[C@H]3CCCC[C@H]3NC=C2C1. The van der Waals surface area contributed by atoms with Crippen molar-refractivity contribution in [2.24, 2.45) is 0 Å². The first-order valence-corrected chi connectivity index (χ1v) is 6.44. The van der Waals surface area contributed by atoms with E-state index in [4.69, 9.17) is 9.47 Å². The number of rotatable bonds is 1. The van der Waals surface area contributed by atoms with Crippen LogP contribution in [0.25, 0.3) is 0 Å². The minimum atomic E-state index is 0.334. The Morgan fingerprint density at radius 3 is 3.06 bits per heavy atom. The standard InChI is InChI=1S/C14H19NO2/c1-16-11-6-7-13-10(8-11)9-15-12-4-2-3-5-14(12)17-13/h6-7,9,12,14-15H,2-5,8H2,1H3/t12-,14+/m1/s1. The van der Waals surface area contributed by atoms with Crippen molar-refractivity contribution in [3.8, 4) is 0 Å². The average Bonchev–Trinajstić information content (AvgIpc) is 2.57. The molecular weight excluding hydrogens is 214 g/mol. The summed E-state index contributed by atoms with van der Waals surface area (Å²) in [6, 6.07) is 0.480. The van der Waals surface area contributed by atoms with Crippen LogP contribution in [0.4, 0.5) is 0 Å². The van der Waals surface area contributed by atoms with E-state index in [0.717, 1.165) is 24.4 Å². The molecule has 0 aromatic heterocycles. The van der Waals surface area contributed by atoms with Gasteiger partial charge in [0, 0.05) is 18.2 Å². The van der Waals surface area contributed by atoms with Crippen LogP contribution in [0.3, 0.4) is 0 Å². The maximum Gasteiger partial charge on any atom is 0.125 e. The summed E-state index contributed by atoms with van der Waals surface area (Å²) in [5.74, 6) is 2.02. The predicted molar refractivity (Wildman–Crippen MR) is 66.1 cm³/mol. The summed E-state index contributed by atoms with van der Waals surface area (Å²) in [6.45, 7) is 0. The topological polar surface area (TPSA) is 30.5 Å². The minimum absolute atomic E-state index is 0.334. The summed E-state index contributed by atoms with van der Waals surface area (Å²) in [4.78, 5) is 0. The molecule has 0 spiro atoms. The molecule has 3 aliphatic rings. The molecule has 1 saturated carbocycles.